The Kier molecular flexibility index (Phi) is 7.80. The number of anilines is 2. The maximum absolute atomic E-state index is 12.3. The van der Waals surface area contributed by atoms with Crippen LogP contribution in [0.4, 0.5) is 16.2 Å². The SMILES string of the molecule is CCNC(=O)Nc1cccc(NC(=O)[C@H]2NCCO[C@@H]2C)c1.Cl. The van der Waals surface area contributed by atoms with Crippen molar-refractivity contribution in [1.29, 1.82) is 0 Å². The van der Waals surface area contributed by atoms with Gasteiger partial charge in [-0.3, -0.25) is 4.79 Å². The lowest BCUT2D eigenvalue weighted by Gasteiger charge is -2.29. The summed E-state index contributed by atoms with van der Waals surface area (Å²) in [5.41, 5.74) is 1.24. The van der Waals surface area contributed by atoms with Gasteiger partial charge in [0.15, 0.2) is 0 Å². The highest BCUT2D eigenvalue weighted by Crippen LogP contribution is 2.16. The summed E-state index contributed by atoms with van der Waals surface area (Å²) in [6, 6.07) is 6.35. The average Bonchev–Trinajstić information content (AvgIpc) is 2.48. The van der Waals surface area contributed by atoms with Crippen molar-refractivity contribution < 1.29 is 14.3 Å². The molecule has 0 saturated carbocycles. The third-order valence-corrected chi connectivity index (χ3v) is 3.32. The summed E-state index contributed by atoms with van der Waals surface area (Å²) in [7, 11) is 0. The zero-order valence-corrected chi connectivity index (χ0v) is 14.0. The van der Waals surface area contributed by atoms with Crippen LogP contribution in [0.3, 0.4) is 0 Å². The van der Waals surface area contributed by atoms with Gasteiger partial charge in [-0.15, -0.1) is 12.4 Å². The minimum absolute atomic E-state index is 0. The Hall–Kier alpha value is -1.83. The first-order chi connectivity index (χ1) is 10.6. The Bertz CT molecular complexity index is 541. The number of carbonyl (C=O) groups excluding carboxylic acids is 2. The van der Waals surface area contributed by atoms with E-state index in [2.05, 4.69) is 21.3 Å². The predicted molar refractivity (Wildman–Crippen MR) is 92.2 cm³/mol. The lowest BCUT2D eigenvalue weighted by Crippen LogP contribution is -2.53. The molecule has 0 aliphatic carbocycles. The first-order valence-corrected chi connectivity index (χ1v) is 7.41. The Morgan fingerprint density at radius 3 is 2.65 bits per heavy atom. The lowest BCUT2D eigenvalue weighted by atomic mass is 10.1. The molecule has 1 aromatic rings. The third kappa shape index (κ3) is 5.70. The number of urea groups is 1. The van der Waals surface area contributed by atoms with Crippen molar-refractivity contribution in [2.75, 3.05) is 30.3 Å². The second-order valence-electron chi connectivity index (χ2n) is 5.06. The Labute approximate surface area is 141 Å². The van der Waals surface area contributed by atoms with E-state index in [1.165, 1.54) is 0 Å². The standard InChI is InChI=1S/C15H22N4O3.ClH/c1-3-16-15(21)19-12-6-4-5-11(9-12)18-14(20)13-10(2)22-8-7-17-13;/h4-6,9-10,13,17H,3,7-8H2,1-2H3,(H,18,20)(H2,16,19,21);1H/t10-,13+;/m1./s1. The Morgan fingerprint density at radius 1 is 1.30 bits per heavy atom. The molecule has 1 aromatic carbocycles. The van der Waals surface area contributed by atoms with Gasteiger partial charge in [0.25, 0.3) is 0 Å². The average molecular weight is 343 g/mol. The van der Waals surface area contributed by atoms with E-state index in [1.54, 1.807) is 24.3 Å². The third-order valence-electron chi connectivity index (χ3n) is 3.32. The summed E-state index contributed by atoms with van der Waals surface area (Å²) >= 11 is 0. The topological polar surface area (TPSA) is 91.5 Å². The zero-order chi connectivity index (χ0) is 15.9. The highest BCUT2D eigenvalue weighted by atomic mass is 35.5. The largest absolute Gasteiger partial charge is 0.375 e. The van der Waals surface area contributed by atoms with Gasteiger partial charge in [0.2, 0.25) is 5.91 Å². The van der Waals surface area contributed by atoms with Crippen LogP contribution in [0.5, 0.6) is 0 Å². The van der Waals surface area contributed by atoms with Crippen molar-refractivity contribution in [3.63, 3.8) is 0 Å². The van der Waals surface area contributed by atoms with Gasteiger partial charge in [0.05, 0.1) is 12.7 Å². The molecule has 2 atom stereocenters. The van der Waals surface area contributed by atoms with E-state index in [4.69, 9.17) is 4.74 Å². The number of rotatable bonds is 4. The first-order valence-electron chi connectivity index (χ1n) is 7.41. The molecule has 0 aromatic heterocycles. The van der Waals surface area contributed by atoms with Crippen LogP contribution in [0.15, 0.2) is 24.3 Å². The molecule has 7 nitrogen and oxygen atoms in total. The molecule has 0 bridgehead atoms. The molecule has 0 radical (unpaired) electrons. The smallest absolute Gasteiger partial charge is 0.319 e. The van der Waals surface area contributed by atoms with Crippen molar-refractivity contribution in [3.8, 4) is 0 Å². The number of carbonyl (C=O) groups is 2. The van der Waals surface area contributed by atoms with E-state index < -0.39 is 0 Å². The molecular weight excluding hydrogens is 320 g/mol. The molecule has 1 fully saturated rings. The minimum atomic E-state index is -0.381. The molecule has 23 heavy (non-hydrogen) atoms. The number of hydrogen-bond donors (Lipinski definition) is 4. The molecule has 0 unspecified atom stereocenters. The maximum Gasteiger partial charge on any atom is 0.319 e. The number of amides is 3. The van der Waals surface area contributed by atoms with Crippen LogP contribution in [-0.4, -0.2) is 43.8 Å². The number of hydrogen-bond acceptors (Lipinski definition) is 4. The van der Waals surface area contributed by atoms with Crippen molar-refractivity contribution >= 4 is 35.7 Å². The maximum atomic E-state index is 12.3. The van der Waals surface area contributed by atoms with Crippen LogP contribution in [-0.2, 0) is 9.53 Å². The number of ether oxygens (including phenoxy) is 1. The predicted octanol–water partition coefficient (Wildman–Crippen LogP) is 1.57. The van der Waals surface area contributed by atoms with Gasteiger partial charge in [0.1, 0.15) is 6.04 Å². The van der Waals surface area contributed by atoms with Crippen LogP contribution in [0.2, 0.25) is 0 Å². The van der Waals surface area contributed by atoms with Gasteiger partial charge in [-0.1, -0.05) is 6.07 Å². The van der Waals surface area contributed by atoms with Gasteiger partial charge in [-0.2, -0.15) is 0 Å². The highest BCUT2D eigenvalue weighted by molar-refractivity contribution is 5.96. The van der Waals surface area contributed by atoms with Crippen molar-refractivity contribution in [3.05, 3.63) is 24.3 Å². The second-order valence-corrected chi connectivity index (χ2v) is 5.06. The number of benzene rings is 1. The Morgan fingerprint density at radius 2 is 2.00 bits per heavy atom. The Balaban J connectivity index is 0.00000264. The van der Waals surface area contributed by atoms with Gasteiger partial charge in [-0.05, 0) is 32.0 Å². The minimum Gasteiger partial charge on any atom is -0.375 e. The molecule has 0 spiro atoms. The molecule has 4 N–H and O–H groups in total. The second kappa shape index (κ2) is 9.34. The summed E-state index contributed by atoms with van der Waals surface area (Å²) in [6.07, 6.45) is -0.176. The van der Waals surface area contributed by atoms with Crippen molar-refractivity contribution in [2.45, 2.75) is 26.0 Å². The van der Waals surface area contributed by atoms with E-state index in [9.17, 15) is 9.59 Å². The summed E-state index contributed by atoms with van der Waals surface area (Å²) in [5.74, 6) is -0.151. The molecular formula is C15H23ClN4O3. The van der Waals surface area contributed by atoms with Gasteiger partial charge in [-0.25, -0.2) is 4.79 Å². The van der Waals surface area contributed by atoms with Gasteiger partial charge < -0.3 is 26.0 Å². The van der Waals surface area contributed by atoms with E-state index in [0.29, 0.717) is 31.1 Å². The summed E-state index contributed by atoms with van der Waals surface area (Å²) in [6.45, 7) is 5.52. The van der Waals surface area contributed by atoms with Crippen LogP contribution in [0, 0.1) is 0 Å². The van der Waals surface area contributed by atoms with E-state index in [0.717, 1.165) is 0 Å². The molecule has 3 amide bonds. The quantitative estimate of drug-likeness (QED) is 0.668. The summed E-state index contributed by atoms with van der Waals surface area (Å²) < 4.78 is 5.46. The highest BCUT2D eigenvalue weighted by Gasteiger charge is 2.28. The van der Waals surface area contributed by atoms with E-state index in [1.807, 2.05) is 13.8 Å². The monoisotopic (exact) mass is 342 g/mol. The molecule has 2 rings (SSSR count). The summed E-state index contributed by atoms with van der Waals surface area (Å²) in [4.78, 5) is 23.8. The van der Waals surface area contributed by atoms with Crippen LogP contribution < -0.4 is 21.3 Å². The van der Waals surface area contributed by atoms with Crippen LogP contribution in [0.25, 0.3) is 0 Å². The number of halogens is 1. The summed E-state index contributed by atoms with van der Waals surface area (Å²) in [5, 5.41) is 11.3. The van der Waals surface area contributed by atoms with Crippen molar-refractivity contribution in [2.24, 2.45) is 0 Å². The fourth-order valence-corrected chi connectivity index (χ4v) is 2.26. The van der Waals surface area contributed by atoms with Gasteiger partial charge in [0, 0.05) is 24.5 Å². The van der Waals surface area contributed by atoms with Gasteiger partial charge >= 0.3 is 6.03 Å². The number of nitrogens with one attached hydrogen (secondary N) is 4. The lowest BCUT2D eigenvalue weighted by molar-refractivity contribution is -0.123. The zero-order valence-electron chi connectivity index (χ0n) is 13.2. The van der Waals surface area contributed by atoms with Crippen LogP contribution >= 0.6 is 12.4 Å². The van der Waals surface area contributed by atoms with E-state index >= 15 is 0 Å². The van der Waals surface area contributed by atoms with E-state index in [-0.39, 0.29) is 36.5 Å². The molecule has 1 saturated heterocycles. The number of morpholine rings is 1. The normalized spacial score (nSPS) is 20.1. The fourth-order valence-electron chi connectivity index (χ4n) is 2.26. The van der Waals surface area contributed by atoms with Crippen LogP contribution in [0.1, 0.15) is 13.8 Å². The fraction of sp³-hybridized carbons (Fsp3) is 0.467. The molecule has 1 aliphatic heterocycles. The van der Waals surface area contributed by atoms with Crippen molar-refractivity contribution in [1.82, 2.24) is 10.6 Å². The molecule has 1 aliphatic rings. The molecule has 128 valence electrons. The molecule has 8 heteroatoms. The molecule has 1 heterocycles. The first kappa shape index (κ1) is 19.2.